The van der Waals surface area contributed by atoms with Gasteiger partial charge in [-0.25, -0.2) is 0 Å². The standard InChI is InChI=1S/C18H20N4O4/c1-13-16(14(11-19)18(26-13)22-5-3-4-6-22)17(24)20(2)12-15(23)21-7-9-25-10-8-21/h3-6H,7-10,12H2,1-2H3. The zero-order chi connectivity index (χ0) is 18.7. The fraction of sp³-hybridized carbons (Fsp3) is 0.389. The van der Waals surface area contributed by atoms with Crippen LogP contribution in [0.4, 0.5) is 0 Å². The third-order valence-corrected chi connectivity index (χ3v) is 4.31. The molecular weight excluding hydrogens is 336 g/mol. The van der Waals surface area contributed by atoms with Gasteiger partial charge in [0.2, 0.25) is 11.8 Å². The van der Waals surface area contributed by atoms with E-state index in [1.165, 1.54) is 4.90 Å². The zero-order valence-corrected chi connectivity index (χ0v) is 14.8. The number of carbonyl (C=O) groups is 2. The minimum atomic E-state index is -0.414. The smallest absolute Gasteiger partial charge is 0.259 e. The van der Waals surface area contributed by atoms with E-state index in [-0.39, 0.29) is 23.6 Å². The van der Waals surface area contributed by atoms with E-state index in [1.807, 2.05) is 0 Å². The van der Waals surface area contributed by atoms with Crippen LogP contribution >= 0.6 is 0 Å². The van der Waals surface area contributed by atoms with Gasteiger partial charge >= 0.3 is 0 Å². The third-order valence-electron chi connectivity index (χ3n) is 4.31. The Morgan fingerprint density at radius 2 is 1.92 bits per heavy atom. The molecule has 0 saturated carbocycles. The fourth-order valence-electron chi connectivity index (χ4n) is 2.92. The molecule has 8 heteroatoms. The first kappa shape index (κ1) is 17.8. The summed E-state index contributed by atoms with van der Waals surface area (Å²) in [6, 6.07) is 5.65. The van der Waals surface area contributed by atoms with Crippen molar-refractivity contribution < 1.29 is 18.7 Å². The molecule has 1 aliphatic heterocycles. The summed E-state index contributed by atoms with van der Waals surface area (Å²) >= 11 is 0. The molecule has 1 saturated heterocycles. The Kier molecular flexibility index (Phi) is 5.09. The second-order valence-corrected chi connectivity index (χ2v) is 6.07. The highest BCUT2D eigenvalue weighted by Crippen LogP contribution is 2.26. The Labute approximate surface area is 151 Å². The lowest BCUT2D eigenvalue weighted by Gasteiger charge is -2.28. The average molecular weight is 356 g/mol. The molecule has 2 aromatic heterocycles. The van der Waals surface area contributed by atoms with Gasteiger partial charge in [0, 0.05) is 32.5 Å². The van der Waals surface area contributed by atoms with E-state index in [1.54, 1.807) is 48.0 Å². The number of likely N-dealkylation sites (N-methyl/N-ethyl adjacent to an activating group) is 1. The molecule has 2 aromatic rings. The molecule has 0 bridgehead atoms. The molecule has 136 valence electrons. The Bertz CT molecular complexity index is 841. The van der Waals surface area contributed by atoms with Crippen LogP contribution in [0.3, 0.4) is 0 Å². The summed E-state index contributed by atoms with van der Waals surface area (Å²) in [6.07, 6.45) is 3.47. The summed E-state index contributed by atoms with van der Waals surface area (Å²) in [4.78, 5) is 28.2. The Morgan fingerprint density at radius 1 is 1.27 bits per heavy atom. The van der Waals surface area contributed by atoms with Crippen molar-refractivity contribution in [3.8, 4) is 12.0 Å². The average Bonchev–Trinajstić information content (AvgIpc) is 3.29. The molecule has 2 amide bonds. The molecular formula is C18H20N4O4. The lowest BCUT2D eigenvalue weighted by Crippen LogP contribution is -2.46. The lowest BCUT2D eigenvalue weighted by atomic mass is 10.1. The monoisotopic (exact) mass is 356 g/mol. The minimum absolute atomic E-state index is 0.0623. The van der Waals surface area contributed by atoms with Crippen LogP contribution in [0.25, 0.3) is 5.88 Å². The van der Waals surface area contributed by atoms with Crippen LogP contribution in [0.5, 0.6) is 0 Å². The van der Waals surface area contributed by atoms with E-state index in [0.717, 1.165) is 0 Å². The van der Waals surface area contributed by atoms with Crippen LogP contribution in [-0.4, -0.2) is 66.1 Å². The molecule has 3 rings (SSSR count). The van der Waals surface area contributed by atoms with E-state index in [2.05, 4.69) is 6.07 Å². The van der Waals surface area contributed by atoms with E-state index in [4.69, 9.17) is 9.15 Å². The number of rotatable bonds is 4. The van der Waals surface area contributed by atoms with Gasteiger partial charge in [0.15, 0.2) is 0 Å². The van der Waals surface area contributed by atoms with Crippen molar-refractivity contribution in [1.82, 2.24) is 14.4 Å². The van der Waals surface area contributed by atoms with Gasteiger partial charge < -0.3 is 19.0 Å². The SMILES string of the molecule is Cc1oc(-n2cccc2)c(C#N)c1C(=O)N(C)CC(=O)N1CCOCC1. The van der Waals surface area contributed by atoms with Gasteiger partial charge in [-0.15, -0.1) is 0 Å². The van der Waals surface area contributed by atoms with Gasteiger partial charge in [0.05, 0.1) is 19.8 Å². The number of furan rings is 1. The van der Waals surface area contributed by atoms with Gasteiger partial charge in [-0.2, -0.15) is 5.26 Å². The number of ether oxygens (including phenoxy) is 1. The molecule has 0 N–H and O–H groups in total. The molecule has 26 heavy (non-hydrogen) atoms. The number of amides is 2. The van der Waals surface area contributed by atoms with Crippen LogP contribution in [0.1, 0.15) is 21.7 Å². The van der Waals surface area contributed by atoms with Crippen molar-refractivity contribution in [1.29, 1.82) is 5.26 Å². The van der Waals surface area contributed by atoms with E-state index >= 15 is 0 Å². The Hall–Kier alpha value is -3.05. The van der Waals surface area contributed by atoms with Gasteiger partial charge in [-0.05, 0) is 19.1 Å². The molecule has 1 fully saturated rings. The third kappa shape index (κ3) is 3.34. The first-order valence-electron chi connectivity index (χ1n) is 8.30. The first-order chi connectivity index (χ1) is 12.5. The van der Waals surface area contributed by atoms with Crippen molar-refractivity contribution in [2.45, 2.75) is 6.92 Å². The Balaban J connectivity index is 1.81. The maximum Gasteiger partial charge on any atom is 0.259 e. The molecule has 0 aliphatic carbocycles. The second kappa shape index (κ2) is 7.45. The number of carbonyl (C=O) groups excluding carboxylic acids is 2. The summed E-state index contributed by atoms with van der Waals surface area (Å²) in [7, 11) is 1.55. The summed E-state index contributed by atoms with van der Waals surface area (Å²) < 4.78 is 12.5. The summed E-state index contributed by atoms with van der Waals surface area (Å²) in [6.45, 7) is 3.62. The Morgan fingerprint density at radius 3 is 2.54 bits per heavy atom. The number of nitrogens with zero attached hydrogens (tertiary/aromatic N) is 4. The number of nitriles is 1. The number of morpholine rings is 1. The molecule has 8 nitrogen and oxygen atoms in total. The zero-order valence-electron chi connectivity index (χ0n) is 14.8. The van der Waals surface area contributed by atoms with E-state index in [9.17, 15) is 14.9 Å². The predicted octanol–water partition coefficient (Wildman–Crippen LogP) is 1.18. The van der Waals surface area contributed by atoms with Crippen LogP contribution in [0, 0.1) is 18.3 Å². The van der Waals surface area contributed by atoms with E-state index < -0.39 is 5.91 Å². The number of aromatic nitrogens is 1. The first-order valence-corrected chi connectivity index (χ1v) is 8.30. The van der Waals surface area contributed by atoms with Crippen molar-refractivity contribution in [3.05, 3.63) is 41.4 Å². The number of aryl methyl sites for hydroxylation is 1. The summed E-state index contributed by atoms with van der Waals surface area (Å²) in [5, 5.41) is 9.54. The maximum absolute atomic E-state index is 12.9. The molecule has 0 radical (unpaired) electrons. The highest BCUT2D eigenvalue weighted by molar-refractivity contribution is 6.00. The van der Waals surface area contributed by atoms with Crippen molar-refractivity contribution in [2.24, 2.45) is 0 Å². The molecule has 0 aromatic carbocycles. The van der Waals surface area contributed by atoms with Crippen molar-refractivity contribution >= 4 is 11.8 Å². The van der Waals surface area contributed by atoms with Crippen molar-refractivity contribution in [2.75, 3.05) is 39.9 Å². The topological polar surface area (TPSA) is 91.7 Å². The number of hydrogen-bond donors (Lipinski definition) is 0. The van der Waals surface area contributed by atoms with Crippen LogP contribution in [-0.2, 0) is 9.53 Å². The van der Waals surface area contributed by atoms with Gasteiger partial charge in [-0.1, -0.05) is 0 Å². The molecule has 0 atom stereocenters. The highest BCUT2D eigenvalue weighted by atomic mass is 16.5. The summed E-state index contributed by atoms with van der Waals surface area (Å²) in [5.74, 6) is 0.0874. The van der Waals surface area contributed by atoms with E-state index in [0.29, 0.717) is 37.9 Å². The maximum atomic E-state index is 12.9. The van der Waals surface area contributed by atoms with Gasteiger partial charge in [-0.3, -0.25) is 14.2 Å². The normalized spacial score (nSPS) is 14.1. The van der Waals surface area contributed by atoms with Crippen LogP contribution < -0.4 is 0 Å². The molecule has 0 spiro atoms. The molecule has 0 unspecified atom stereocenters. The molecule has 3 heterocycles. The minimum Gasteiger partial charge on any atom is -0.443 e. The largest absolute Gasteiger partial charge is 0.443 e. The van der Waals surface area contributed by atoms with Crippen molar-refractivity contribution in [3.63, 3.8) is 0 Å². The van der Waals surface area contributed by atoms with Crippen LogP contribution in [0.15, 0.2) is 28.9 Å². The predicted molar refractivity (Wildman–Crippen MR) is 91.8 cm³/mol. The number of hydrogen-bond acceptors (Lipinski definition) is 5. The van der Waals surface area contributed by atoms with Gasteiger partial charge in [0.1, 0.15) is 23.0 Å². The second-order valence-electron chi connectivity index (χ2n) is 6.07. The van der Waals surface area contributed by atoms with Gasteiger partial charge in [0.25, 0.3) is 5.91 Å². The van der Waals surface area contributed by atoms with Crippen LogP contribution in [0.2, 0.25) is 0 Å². The molecule has 1 aliphatic rings. The fourth-order valence-corrected chi connectivity index (χ4v) is 2.92. The highest BCUT2D eigenvalue weighted by Gasteiger charge is 2.28. The lowest BCUT2D eigenvalue weighted by molar-refractivity contribution is -0.135. The summed E-state index contributed by atoms with van der Waals surface area (Å²) in [5.41, 5.74) is 0.350. The quantitative estimate of drug-likeness (QED) is 0.820.